The Morgan fingerprint density at radius 1 is 1.38 bits per heavy atom. The summed E-state index contributed by atoms with van der Waals surface area (Å²) in [5.74, 6) is 0.265. The van der Waals surface area contributed by atoms with E-state index >= 15 is 0 Å². The van der Waals surface area contributed by atoms with Crippen LogP contribution in [0.15, 0.2) is 22.7 Å². The molecule has 1 saturated heterocycles. The summed E-state index contributed by atoms with van der Waals surface area (Å²) in [6.45, 7) is 6.52. The minimum atomic E-state index is -0.438. The number of amides is 2. The average molecular weight is 353 g/mol. The molecule has 5 heteroatoms. The molecule has 1 aliphatic rings. The predicted molar refractivity (Wildman–Crippen MR) is 87.2 cm³/mol. The lowest BCUT2D eigenvalue weighted by molar-refractivity contribution is -0.125. The first-order valence-corrected chi connectivity index (χ1v) is 8.04. The highest BCUT2D eigenvalue weighted by atomic mass is 79.9. The van der Waals surface area contributed by atoms with Crippen LogP contribution >= 0.6 is 15.9 Å². The Morgan fingerprint density at radius 2 is 2.10 bits per heavy atom. The molecule has 0 bridgehead atoms. The summed E-state index contributed by atoms with van der Waals surface area (Å²) in [5.41, 5.74) is 1.93. The van der Waals surface area contributed by atoms with Gasteiger partial charge in [-0.05, 0) is 52.9 Å². The van der Waals surface area contributed by atoms with Crippen molar-refractivity contribution in [1.29, 1.82) is 0 Å². The summed E-state index contributed by atoms with van der Waals surface area (Å²) in [7, 11) is 0. The van der Waals surface area contributed by atoms with Gasteiger partial charge in [-0.1, -0.05) is 19.9 Å². The van der Waals surface area contributed by atoms with Gasteiger partial charge in [-0.25, -0.2) is 0 Å². The Kier molecular flexibility index (Phi) is 5.04. The molecule has 0 aliphatic carbocycles. The van der Waals surface area contributed by atoms with E-state index in [9.17, 15) is 9.59 Å². The van der Waals surface area contributed by atoms with Crippen LogP contribution in [0.4, 0.5) is 5.69 Å². The molecule has 4 nitrogen and oxygen atoms in total. The van der Waals surface area contributed by atoms with Crippen molar-refractivity contribution in [3.8, 4) is 0 Å². The van der Waals surface area contributed by atoms with Crippen molar-refractivity contribution in [1.82, 2.24) is 5.32 Å². The molecule has 0 spiro atoms. The van der Waals surface area contributed by atoms with Crippen molar-refractivity contribution in [2.75, 3.05) is 11.4 Å². The first kappa shape index (κ1) is 16.0. The molecular weight excluding hydrogens is 332 g/mol. The minimum Gasteiger partial charge on any atom is -0.344 e. The zero-order valence-corrected chi connectivity index (χ0v) is 14.2. The molecule has 1 N–H and O–H groups in total. The normalized spacial score (nSPS) is 19.7. The number of carbonyl (C=O) groups is 2. The third kappa shape index (κ3) is 3.84. The summed E-state index contributed by atoms with van der Waals surface area (Å²) < 4.78 is 0.874. The second kappa shape index (κ2) is 6.60. The van der Waals surface area contributed by atoms with Crippen molar-refractivity contribution in [3.05, 3.63) is 28.2 Å². The first-order chi connectivity index (χ1) is 9.88. The average Bonchev–Trinajstić information content (AvgIpc) is 2.53. The lowest BCUT2D eigenvalue weighted by Crippen LogP contribution is -2.45. The number of hydrogen-bond acceptors (Lipinski definition) is 2. The van der Waals surface area contributed by atoms with Crippen LogP contribution in [0.25, 0.3) is 0 Å². The molecule has 1 heterocycles. The van der Waals surface area contributed by atoms with Gasteiger partial charge in [0.25, 0.3) is 0 Å². The van der Waals surface area contributed by atoms with Crippen LogP contribution in [-0.2, 0) is 9.59 Å². The minimum absolute atomic E-state index is 0.0270. The van der Waals surface area contributed by atoms with Crippen LogP contribution in [0.3, 0.4) is 0 Å². The highest BCUT2D eigenvalue weighted by molar-refractivity contribution is 9.10. The Labute approximate surface area is 134 Å². The Bertz CT molecular complexity index is 557. The molecular formula is C16H21BrN2O2. The Hall–Kier alpha value is -1.36. The lowest BCUT2D eigenvalue weighted by atomic mass is 10.0. The monoisotopic (exact) mass is 352 g/mol. The van der Waals surface area contributed by atoms with E-state index < -0.39 is 6.04 Å². The molecule has 1 fully saturated rings. The first-order valence-electron chi connectivity index (χ1n) is 7.25. The van der Waals surface area contributed by atoms with Crippen LogP contribution in [0, 0.1) is 12.8 Å². The zero-order chi connectivity index (χ0) is 15.6. The van der Waals surface area contributed by atoms with Gasteiger partial charge in [0, 0.05) is 17.4 Å². The van der Waals surface area contributed by atoms with Crippen molar-refractivity contribution in [2.24, 2.45) is 5.92 Å². The van der Waals surface area contributed by atoms with Crippen LogP contribution in [0.5, 0.6) is 0 Å². The molecule has 2 rings (SSSR count). The van der Waals surface area contributed by atoms with Gasteiger partial charge in [0.2, 0.25) is 11.8 Å². The summed E-state index contributed by atoms with van der Waals surface area (Å²) in [5, 5.41) is 2.85. The fourth-order valence-electron chi connectivity index (χ4n) is 2.54. The molecule has 1 unspecified atom stereocenters. The van der Waals surface area contributed by atoms with Gasteiger partial charge in [-0.2, -0.15) is 0 Å². The van der Waals surface area contributed by atoms with Crippen molar-refractivity contribution in [3.63, 3.8) is 0 Å². The molecule has 114 valence electrons. The highest BCUT2D eigenvalue weighted by Gasteiger charge is 2.31. The summed E-state index contributed by atoms with van der Waals surface area (Å²) in [6.07, 6.45) is 0.991. The summed E-state index contributed by atoms with van der Waals surface area (Å²) >= 11 is 3.51. The number of halogens is 1. The number of anilines is 1. The number of nitrogens with one attached hydrogen (secondary N) is 1. The fourth-order valence-corrected chi connectivity index (χ4v) is 3.00. The second-order valence-corrected chi connectivity index (χ2v) is 6.80. The van der Waals surface area contributed by atoms with Gasteiger partial charge in [0.1, 0.15) is 6.04 Å². The second-order valence-electron chi connectivity index (χ2n) is 5.94. The van der Waals surface area contributed by atoms with Gasteiger partial charge >= 0.3 is 0 Å². The van der Waals surface area contributed by atoms with Gasteiger partial charge in [-0.15, -0.1) is 0 Å². The largest absolute Gasteiger partial charge is 0.344 e. The van der Waals surface area contributed by atoms with Gasteiger partial charge in [-0.3, -0.25) is 9.59 Å². The SMILES string of the molecule is Cc1ccc(Br)c(N2CCC(=O)NC(CC(C)C)C2=O)c1. The highest BCUT2D eigenvalue weighted by Crippen LogP contribution is 2.29. The molecule has 1 aromatic carbocycles. The van der Waals surface area contributed by atoms with Crippen LogP contribution in [-0.4, -0.2) is 24.4 Å². The topological polar surface area (TPSA) is 49.4 Å². The number of benzene rings is 1. The van der Waals surface area contributed by atoms with Gasteiger partial charge in [0.15, 0.2) is 0 Å². The third-order valence-corrected chi connectivity index (χ3v) is 4.23. The fraction of sp³-hybridized carbons (Fsp3) is 0.500. The van der Waals surface area contributed by atoms with E-state index in [0.29, 0.717) is 25.3 Å². The van der Waals surface area contributed by atoms with Gasteiger partial charge < -0.3 is 10.2 Å². The molecule has 2 amide bonds. The predicted octanol–water partition coefficient (Wildman–Crippen LogP) is 3.03. The standard InChI is InChI=1S/C16H21BrN2O2/c1-10(2)8-13-16(21)19(7-6-15(20)18-13)14-9-11(3)4-5-12(14)17/h4-5,9-10,13H,6-8H2,1-3H3,(H,18,20). The molecule has 1 aliphatic heterocycles. The van der Waals surface area contributed by atoms with Crippen LogP contribution < -0.4 is 10.2 Å². The number of nitrogens with zero attached hydrogens (tertiary/aromatic N) is 1. The van der Waals surface area contributed by atoms with Crippen molar-refractivity contribution < 1.29 is 9.59 Å². The third-order valence-electron chi connectivity index (χ3n) is 3.56. The van der Waals surface area contributed by atoms with Crippen LogP contribution in [0.1, 0.15) is 32.3 Å². The Morgan fingerprint density at radius 3 is 2.76 bits per heavy atom. The van der Waals surface area contributed by atoms with Crippen molar-refractivity contribution in [2.45, 2.75) is 39.7 Å². The number of hydrogen-bond donors (Lipinski definition) is 1. The van der Waals surface area contributed by atoms with E-state index in [1.165, 1.54) is 0 Å². The van der Waals surface area contributed by atoms with Crippen LogP contribution in [0.2, 0.25) is 0 Å². The molecule has 1 atom stereocenters. The maximum absolute atomic E-state index is 12.8. The molecule has 0 saturated carbocycles. The molecule has 0 aromatic heterocycles. The molecule has 1 aromatic rings. The summed E-state index contributed by atoms with van der Waals surface area (Å²) in [4.78, 5) is 26.4. The van der Waals surface area contributed by atoms with E-state index in [4.69, 9.17) is 0 Å². The van der Waals surface area contributed by atoms with Crippen molar-refractivity contribution >= 4 is 33.4 Å². The van der Waals surface area contributed by atoms with E-state index in [1.54, 1.807) is 4.90 Å². The number of carbonyl (C=O) groups excluding carboxylic acids is 2. The number of rotatable bonds is 3. The number of aryl methyl sites for hydroxylation is 1. The van der Waals surface area contributed by atoms with E-state index in [1.807, 2.05) is 25.1 Å². The quantitative estimate of drug-likeness (QED) is 0.908. The van der Waals surface area contributed by atoms with E-state index in [-0.39, 0.29) is 11.8 Å². The lowest BCUT2D eigenvalue weighted by Gasteiger charge is -2.26. The Balaban J connectivity index is 2.35. The van der Waals surface area contributed by atoms with E-state index in [2.05, 4.69) is 35.1 Å². The smallest absolute Gasteiger partial charge is 0.249 e. The zero-order valence-electron chi connectivity index (χ0n) is 12.6. The maximum Gasteiger partial charge on any atom is 0.249 e. The van der Waals surface area contributed by atoms with Gasteiger partial charge in [0.05, 0.1) is 5.69 Å². The maximum atomic E-state index is 12.8. The summed E-state index contributed by atoms with van der Waals surface area (Å²) in [6, 6.07) is 5.47. The molecule has 21 heavy (non-hydrogen) atoms. The molecule has 0 radical (unpaired) electrons. The van der Waals surface area contributed by atoms with E-state index in [0.717, 1.165) is 15.7 Å².